The summed E-state index contributed by atoms with van der Waals surface area (Å²) in [5, 5.41) is 8.75. The molecule has 2 fully saturated rings. The van der Waals surface area contributed by atoms with Crippen molar-refractivity contribution in [3.8, 4) is 0 Å². The molecule has 4 amide bonds. The Labute approximate surface area is 184 Å². The predicted molar refractivity (Wildman–Crippen MR) is 122 cm³/mol. The lowest BCUT2D eigenvalue weighted by Crippen LogP contribution is -2.43. The first kappa shape index (κ1) is 22.9. The summed E-state index contributed by atoms with van der Waals surface area (Å²) in [5.41, 5.74) is 7.22. The van der Waals surface area contributed by atoms with Gasteiger partial charge in [-0.1, -0.05) is 19.3 Å². The lowest BCUT2D eigenvalue weighted by molar-refractivity contribution is -0.122. The maximum Gasteiger partial charge on any atom is 0.315 e. The third-order valence-electron chi connectivity index (χ3n) is 6.22. The molecule has 1 aromatic rings. The Morgan fingerprint density at radius 3 is 2.29 bits per heavy atom. The van der Waals surface area contributed by atoms with Crippen LogP contribution in [0.1, 0.15) is 57.8 Å². The number of carbonyl (C=O) groups excluding carboxylic acids is 3. The van der Waals surface area contributed by atoms with E-state index in [-0.39, 0.29) is 29.8 Å². The zero-order valence-electron chi connectivity index (χ0n) is 18.2. The van der Waals surface area contributed by atoms with E-state index in [0.717, 1.165) is 50.1 Å². The van der Waals surface area contributed by atoms with E-state index in [2.05, 4.69) is 20.9 Å². The van der Waals surface area contributed by atoms with E-state index < -0.39 is 0 Å². The monoisotopic (exact) mass is 429 g/mol. The number of hydrogen-bond acceptors (Lipinski definition) is 4. The Hall–Kier alpha value is -2.77. The van der Waals surface area contributed by atoms with Crippen LogP contribution in [0.5, 0.6) is 0 Å². The SMILES string of the molecule is NC(=O)C1CCN(c2ccc(NC(=O)CCCNC(=O)NC3CCCCC3)cc2)CC1. The van der Waals surface area contributed by atoms with Gasteiger partial charge in [0.25, 0.3) is 0 Å². The predicted octanol–water partition coefficient (Wildman–Crippen LogP) is 2.74. The number of carbonyl (C=O) groups is 3. The van der Waals surface area contributed by atoms with Gasteiger partial charge in [0.15, 0.2) is 0 Å². The molecule has 0 spiro atoms. The molecule has 8 heteroatoms. The highest BCUT2D eigenvalue weighted by molar-refractivity contribution is 5.90. The lowest BCUT2D eigenvalue weighted by atomic mass is 9.96. The second-order valence-corrected chi connectivity index (χ2v) is 8.60. The van der Waals surface area contributed by atoms with Crippen molar-refractivity contribution in [2.24, 2.45) is 11.7 Å². The van der Waals surface area contributed by atoms with Gasteiger partial charge in [0, 0.05) is 49.4 Å². The van der Waals surface area contributed by atoms with Crippen molar-refractivity contribution in [3.05, 3.63) is 24.3 Å². The molecule has 0 atom stereocenters. The molecule has 8 nitrogen and oxygen atoms in total. The number of amides is 4. The van der Waals surface area contributed by atoms with Gasteiger partial charge >= 0.3 is 6.03 Å². The van der Waals surface area contributed by atoms with E-state index in [1.807, 2.05) is 24.3 Å². The van der Waals surface area contributed by atoms with Gasteiger partial charge in [-0.25, -0.2) is 4.79 Å². The molecule has 1 saturated heterocycles. The molecule has 1 aliphatic heterocycles. The Balaban J connectivity index is 1.31. The molecular weight excluding hydrogens is 394 g/mol. The van der Waals surface area contributed by atoms with E-state index in [1.54, 1.807) is 0 Å². The van der Waals surface area contributed by atoms with Gasteiger partial charge in [-0.15, -0.1) is 0 Å². The van der Waals surface area contributed by atoms with E-state index in [1.165, 1.54) is 19.3 Å². The van der Waals surface area contributed by atoms with Gasteiger partial charge in [-0.2, -0.15) is 0 Å². The van der Waals surface area contributed by atoms with Crippen LogP contribution in [0.15, 0.2) is 24.3 Å². The van der Waals surface area contributed by atoms with Crippen molar-refractivity contribution in [1.82, 2.24) is 10.6 Å². The minimum absolute atomic E-state index is 0.0253. The molecule has 1 aliphatic carbocycles. The van der Waals surface area contributed by atoms with Crippen molar-refractivity contribution in [2.45, 2.75) is 63.8 Å². The van der Waals surface area contributed by atoms with E-state index in [4.69, 9.17) is 5.73 Å². The summed E-state index contributed by atoms with van der Waals surface area (Å²) >= 11 is 0. The van der Waals surface area contributed by atoms with Gasteiger partial charge in [0.2, 0.25) is 11.8 Å². The van der Waals surface area contributed by atoms with Gasteiger partial charge in [-0.3, -0.25) is 9.59 Å². The van der Waals surface area contributed by atoms with Crippen LogP contribution in [0.2, 0.25) is 0 Å². The van der Waals surface area contributed by atoms with Crippen molar-refractivity contribution in [1.29, 1.82) is 0 Å². The number of hydrogen-bond donors (Lipinski definition) is 4. The van der Waals surface area contributed by atoms with Crippen molar-refractivity contribution < 1.29 is 14.4 Å². The first-order valence-electron chi connectivity index (χ1n) is 11.5. The Kier molecular flexibility index (Phi) is 8.55. The Bertz CT molecular complexity index is 738. The molecule has 170 valence electrons. The molecule has 0 unspecified atom stereocenters. The highest BCUT2D eigenvalue weighted by Crippen LogP contribution is 2.24. The standard InChI is InChI=1S/C23H35N5O3/c24-22(30)17-12-15-28(16-13-17)20-10-8-19(9-11-20)26-21(29)7-4-14-25-23(31)27-18-5-2-1-3-6-18/h8-11,17-18H,1-7,12-16H2,(H2,24,30)(H,26,29)(H2,25,27,31). The fraction of sp³-hybridized carbons (Fsp3) is 0.609. The van der Waals surface area contributed by atoms with Crippen molar-refractivity contribution in [2.75, 3.05) is 29.9 Å². The summed E-state index contributed by atoms with van der Waals surface area (Å²) in [6, 6.07) is 7.90. The Morgan fingerprint density at radius 1 is 0.968 bits per heavy atom. The van der Waals surface area contributed by atoms with Crippen LogP contribution in [0, 0.1) is 5.92 Å². The van der Waals surface area contributed by atoms with E-state index in [9.17, 15) is 14.4 Å². The molecule has 1 saturated carbocycles. The number of urea groups is 1. The molecule has 1 heterocycles. The number of nitrogens with one attached hydrogen (secondary N) is 3. The first-order chi connectivity index (χ1) is 15.0. The molecule has 1 aromatic carbocycles. The molecule has 2 aliphatic rings. The summed E-state index contributed by atoms with van der Waals surface area (Å²) in [5.74, 6) is -0.301. The lowest BCUT2D eigenvalue weighted by Gasteiger charge is -2.32. The van der Waals surface area contributed by atoms with Crippen LogP contribution in [-0.2, 0) is 9.59 Å². The highest BCUT2D eigenvalue weighted by atomic mass is 16.2. The number of anilines is 2. The first-order valence-corrected chi connectivity index (χ1v) is 11.5. The molecule has 0 aromatic heterocycles. The van der Waals surface area contributed by atoms with Gasteiger partial charge in [0.1, 0.15) is 0 Å². The molecule has 31 heavy (non-hydrogen) atoms. The quantitative estimate of drug-likeness (QED) is 0.475. The molecule has 3 rings (SSSR count). The molecule has 0 radical (unpaired) electrons. The van der Waals surface area contributed by atoms with Crippen molar-refractivity contribution in [3.63, 3.8) is 0 Å². The number of benzene rings is 1. The zero-order valence-corrected chi connectivity index (χ0v) is 18.2. The third-order valence-corrected chi connectivity index (χ3v) is 6.22. The van der Waals surface area contributed by atoms with Crippen molar-refractivity contribution >= 4 is 29.2 Å². The van der Waals surface area contributed by atoms with Crippen LogP contribution in [0.3, 0.4) is 0 Å². The number of primary amides is 1. The van der Waals surface area contributed by atoms with Crippen LogP contribution < -0.4 is 26.6 Å². The maximum absolute atomic E-state index is 12.2. The fourth-order valence-corrected chi connectivity index (χ4v) is 4.34. The van der Waals surface area contributed by atoms with Gasteiger partial charge < -0.3 is 26.6 Å². The summed E-state index contributed by atoms with van der Waals surface area (Å²) in [6.45, 7) is 2.09. The second kappa shape index (κ2) is 11.6. The summed E-state index contributed by atoms with van der Waals surface area (Å²) in [6.07, 6.45) is 8.23. The number of rotatable bonds is 8. The van der Waals surface area contributed by atoms with E-state index >= 15 is 0 Å². The number of nitrogens with two attached hydrogens (primary N) is 1. The highest BCUT2D eigenvalue weighted by Gasteiger charge is 2.23. The maximum atomic E-state index is 12.2. The summed E-state index contributed by atoms with van der Waals surface area (Å²) in [4.78, 5) is 37.6. The van der Waals surface area contributed by atoms with E-state index in [0.29, 0.717) is 19.4 Å². The summed E-state index contributed by atoms with van der Waals surface area (Å²) in [7, 11) is 0. The minimum Gasteiger partial charge on any atom is -0.371 e. The van der Waals surface area contributed by atoms with Crippen LogP contribution >= 0.6 is 0 Å². The van der Waals surface area contributed by atoms with Gasteiger partial charge in [-0.05, 0) is 56.4 Å². The molecule has 5 N–H and O–H groups in total. The second-order valence-electron chi connectivity index (χ2n) is 8.60. The van der Waals surface area contributed by atoms with Crippen LogP contribution in [-0.4, -0.2) is 43.5 Å². The Morgan fingerprint density at radius 2 is 1.65 bits per heavy atom. The van der Waals surface area contributed by atoms with Crippen LogP contribution in [0.4, 0.5) is 16.2 Å². The molecule has 0 bridgehead atoms. The topological polar surface area (TPSA) is 117 Å². The molecular formula is C23H35N5O3. The largest absolute Gasteiger partial charge is 0.371 e. The fourth-order valence-electron chi connectivity index (χ4n) is 4.34. The summed E-state index contributed by atoms with van der Waals surface area (Å²) < 4.78 is 0. The zero-order chi connectivity index (χ0) is 22.1. The normalized spacial score (nSPS) is 17.7. The van der Waals surface area contributed by atoms with Crippen LogP contribution in [0.25, 0.3) is 0 Å². The van der Waals surface area contributed by atoms with Gasteiger partial charge in [0.05, 0.1) is 0 Å². The average molecular weight is 430 g/mol. The third kappa shape index (κ3) is 7.45. The smallest absolute Gasteiger partial charge is 0.315 e. The number of piperidine rings is 1. The average Bonchev–Trinajstić information content (AvgIpc) is 2.78. The number of nitrogens with zero attached hydrogens (tertiary/aromatic N) is 1. The minimum atomic E-state index is -0.210.